The van der Waals surface area contributed by atoms with Crippen LogP contribution in [-0.2, 0) is 0 Å². The molecule has 0 unspecified atom stereocenters. The van der Waals surface area contributed by atoms with Gasteiger partial charge in [0.05, 0.1) is 12.4 Å². The maximum atomic E-state index is 14.0. The summed E-state index contributed by atoms with van der Waals surface area (Å²) in [5, 5.41) is 6.38. The maximum Gasteiger partial charge on any atom is 0.573 e. The van der Waals surface area contributed by atoms with Gasteiger partial charge in [0, 0.05) is 5.69 Å². The third-order valence-corrected chi connectivity index (χ3v) is 3.59. The van der Waals surface area contributed by atoms with E-state index in [0.717, 1.165) is 30.5 Å². The van der Waals surface area contributed by atoms with Gasteiger partial charge in [0.25, 0.3) is 0 Å². The van der Waals surface area contributed by atoms with E-state index in [1.807, 2.05) is 0 Å². The number of nitrogens with zero attached hydrogens (tertiary/aromatic N) is 3. The van der Waals surface area contributed by atoms with Crippen LogP contribution in [0.2, 0.25) is 0 Å². The van der Waals surface area contributed by atoms with Gasteiger partial charge in [-0.2, -0.15) is 10.1 Å². The third kappa shape index (κ3) is 7.83. The third-order valence-electron chi connectivity index (χ3n) is 3.59. The minimum Gasteiger partial charge on any atom is -0.406 e. The molecule has 0 aliphatic rings. The lowest BCUT2D eigenvalue weighted by Crippen LogP contribution is -2.17. The fraction of sp³-hybridized carbons (Fsp3) is 0.105. The number of hydrazone groups is 1. The first kappa shape index (κ1) is 23.6. The van der Waals surface area contributed by atoms with Crippen molar-refractivity contribution >= 4 is 23.7 Å². The Morgan fingerprint density at radius 1 is 0.818 bits per heavy atom. The Kier molecular flexibility index (Phi) is 6.84. The highest BCUT2D eigenvalue weighted by Gasteiger charge is 2.31. The molecule has 0 fully saturated rings. The molecule has 2 aromatic carbocycles. The van der Waals surface area contributed by atoms with Gasteiger partial charge >= 0.3 is 12.7 Å². The summed E-state index contributed by atoms with van der Waals surface area (Å²) in [7, 11) is 0. The van der Waals surface area contributed by atoms with Gasteiger partial charge in [0.2, 0.25) is 5.95 Å². The first-order valence-electron chi connectivity index (χ1n) is 8.77. The number of aromatic nitrogens is 2. The average Bonchev–Trinajstić information content (AvgIpc) is 2.71. The number of rotatable bonds is 7. The number of anilines is 3. The predicted molar refractivity (Wildman–Crippen MR) is 103 cm³/mol. The quantitative estimate of drug-likeness (QED) is 0.263. The maximum absolute atomic E-state index is 14.0. The predicted octanol–water partition coefficient (Wildman–Crippen LogP) is 5.60. The Balaban J connectivity index is 1.62. The average molecular weight is 475 g/mol. The molecule has 3 aromatic rings. The van der Waals surface area contributed by atoms with Crippen LogP contribution >= 0.6 is 0 Å². The van der Waals surface area contributed by atoms with Crippen LogP contribution in [0.5, 0.6) is 11.5 Å². The van der Waals surface area contributed by atoms with Gasteiger partial charge in [0.15, 0.2) is 11.6 Å². The van der Waals surface area contributed by atoms with Crippen LogP contribution in [-0.4, -0.2) is 28.9 Å². The number of benzene rings is 2. The van der Waals surface area contributed by atoms with Gasteiger partial charge < -0.3 is 14.8 Å². The van der Waals surface area contributed by atoms with E-state index in [-0.39, 0.29) is 17.5 Å². The second kappa shape index (κ2) is 9.58. The Hall–Kier alpha value is -4.10. The van der Waals surface area contributed by atoms with Crippen molar-refractivity contribution in [1.82, 2.24) is 9.97 Å². The van der Waals surface area contributed by atoms with Crippen molar-refractivity contribution in [2.24, 2.45) is 5.10 Å². The molecule has 0 saturated heterocycles. The molecule has 1 aromatic heterocycles. The van der Waals surface area contributed by atoms with Crippen molar-refractivity contribution in [3.63, 3.8) is 0 Å². The summed E-state index contributed by atoms with van der Waals surface area (Å²) in [4.78, 5) is 7.54. The molecule has 3 rings (SSSR count). The van der Waals surface area contributed by atoms with Gasteiger partial charge in [-0.1, -0.05) is 0 Å². The van der Waals surface area contributed by atoms with Gasteiger partial charge in [0.1, 0.15) is 11.5 Å². The molecule has 7 nitrogen and oxygen atoms in total. The van der Waals surface area contributed by atoms with Gasteiger partial charge in [-0.05, 0) is 54.1 Å². The lowest BCUT2D eigenvalue weighted by Gasteiger charge is -2.11. The number of halogens is 7. The normalized spacial score (nSPS) is 12.0. The molecule has 33 heavy (non-hydrogen) atoms. The summed E-state index contributed by atoms with van der Waals surface area (Å²) in [5.74, 6) is -2.13. The second-order valence-electron chi connectivity index (χ2n) is 6.07. The molecule has 0 saturated carbocycles. The van der Waals surface area contributed by atoms with E-state index >= 15 is 0 Å². The van der Waals surface area contributed by atoms with Crippen molar-refractivity contribution in [1.29, 1.82) is 0 Å². The fourth-order valence-corrected chi connectivity index (χ4v) is 2.31. The van der Waals surface area contributed by atoms with Crippen molar-refractivity contribution in [2.45, 2.75) is 12.7 Å². The fourth-order valence-electron chi connectivity index (χ4n) is 2.31. The van der Waals surface area contributed by atoms with E-state index in [4.69, 9.17) is 0 Å². The van der Waals surface area contributed by atoms with Crippen LogP contribution in [0.15, 0.2) is 59.8 Å². The van der Waals surface area contributed by atoms with Crippen molar-refractivity contribution in [3.8, 4) is 11.5 Å². The molecule has 2 N–H and O–H groups in total. The van der Waals surface area contributed by atoms with Gasteiger partial charge in [-0.25, -0.2) is 14.8 Å². The molecule has 0 bridgehead atoms. The first-order valence-corrected chi connectivity index (χ1v) is 8.77. The Morgan fingerprint density at radius 3 is 1.91 bits per heavy atom. The topological polar surface area (TPSA) is 80.7 Å². The monoisotopic (exact) mass is 475 g/mol. The molecular weight excluding hydrogens is 463 g/mol. The SMILES string of the molecule is Fc1cnc(N/N=C/c2ccc(OC(F)(F)F)cc2)nc1Nc1ccc(OC(F)(F)F)cc1. The second-order valence-corrected chi connectivity index (χ2v) is 6.07. The van der Waals surface area contributed by atoms with Crippen LogP contribution in [0.4, 0.5) is 48.2 Å². The number of alkyl halides is 6. The molecule has 0 amide bonds. The molecule has 14 heteroatoms. The lowest BCUT2D eigenvalue weighted by atomic mass is 10.2. The molecule has 0 atom stereocenters. The standard InChI is InChI=1S/C19H12F7N5O2/c20-15-10-27-17(31-28-9-11-1-5-13(6-2-11)32-18(21,22)23)30-16(15)29-12-3-7-14(8-4-12)33-19(24,25)26/h1-10H,(H2,27,29,30,31)/b28-9+. The van der Waals surface area contributed by atoms with Crippen molar-refractivity contribution in [3.05, 3.63) is 66.1 Å². The van der Waals surface area contributed by atoms with Crippen LogP contribution in [0, 0.1) is 5.82 Å². The summed E-state index contributed by atoms with van der Waals surface area (Å²) in [5.41, 5.74) is 3.05. The Labute approximate surface area is 180 Å². The van der Waals surface area contributed by atoms with Gasteiger partial charge in [-0.3, -0.25) is 0 Å². The van der Waals surface area contributed by atoms with Crippen LogP contribution in [0.1, 0.15) is 5.56 Å². The van der Waals surface area contributed by atoms with Crippen molar-refractivity contribution < 1.29 is 40.2 Å². The zero-order chi connectivity index (χ0) is 24.1. The zero-order valence-electron chi connectivity index (χ0n) is 16.1. The first-order chi connectivity index (χ1) is 15.5. The smallest absolute Gasteiger partial charge is 0.406 e. The minimum absolute atomic E-state index is 0.135. The Morgan fingerprint density at radius 2 is 1.36 bits per heavy atom. The van der Waals surface area contributed by atoms with Crippen LogP contribution < -0.4 is 20.2 Å². The Bertz CT molecular complexity index is 1100. The molecule has 174 valence electrons. The van der Waals surface area contributed by atoms with E-state index in [1.54, 1.807) is 0 Å². The number of nitrogens with one attached hydrogen (secondary N) is 2. The van der Waals surface area contributed by atoms with E-state index in [1.165, 1.54) is 30.5 Å². The highest BCUT2D eigenvalue weighted by Crippen LogP contribution is 2.26. The highest BCUT2D eigenvalue weighted by molar-refractivity contribution is 5.80. The van der Waals surface area contributed by atoms with Crippen LogP contribution in [0.3, 0.4) is 0 Å². The largest absolute Gasteiger partial charge is 0.573 e. The lowest BCUT2D eigenvalue weighted by molar-refractivity contribution is -0.275. The number of hydrogen-bond donors (Lipinski definition) is 2. The molecule has 0 aliphatic carbocycles. The summed E-state index contributed by atoms with van der Waals surface area (Å²) in [6.45, 7) is 0. The minimum atomic E-state index is -4.84. The summed E-state index contributed by atoms with van der Waals surface area (Å²) in [6.07, 6.45) is -7.57. The van der Waals surface area contributed by atoms with E-state index < -0.39 is 30.0 Å². The molecule has 1 heterocycles. The van der Waals surface area contributed by atoms with Crippen LogP contribution in [0.25, 0.3) is 0 Å². The van der Waals surface area contributed by atoms with E-state index in [0.29, 0.717) is 5.56 Å². The van der Waals surface area contributed by atoms with E-state index in [9.17, 15) is 30.7 Å². The van der Waals surface area contributed by atoms with E-state index in [2.05, 4.69) is 35.3 Å². The molecular formula is C19H12F7N5O2. The summed E-state index contributed by atoms with van der Waals surface area (Å²) >= 11 is 0. The summed E-state index contributed by atoms with van der Waals surface area (Å²) in [6, 6.07) is 9.33. The van der Waals surface area contributed by atoms with Crippen molar-refractivity contribution in [2.75, 3.05) is 10.7 Å². The zero-order valence-corrected chi connectivity index (χ0v) is 16.1. The van der Waals surface area contributed by atoms with Gasteiger partial charge in [-0.15, -0.1) is 26.3 Å². The number of ether oxygens (including phenoxy) is 2. The highest BCUT2D eigenvalue weighted by atomic mass is 19.4. The molecule has 0 aliphatic heterocycles. The summed E-state index contributed by atoms with van der Waals surface area (Å²) < 4.78 is 94.6. The molecule has 0 radical (unpaired) electrons. The molecule has 0 spiro atoms. The number of hydrogen-bond acceptors (Lipinski definition) is 7.